The Morgan fingerprint density at radius 2 is 2.24 bits per heavy atom. The number of hydrogen-bond donors (Lipinski definition) is 2. The minimum absolute atomic E-state index is 0.0898. The van der Waals surface area contributed by atoms with Crippen molar-refractivity contribution in [2.24, 2.45) is 0 Å². The van der Waals surface area contributed by atoms with Gasteiger partial charge in [-0.25, -0.2) is 18.2 Å². The third kappa shape index (κ3) is 3.22. The molecular weight excluding hydrogens is 310 g/mol. The van der Waals surface area contributed by atoms with Crippen LogP contribution in [0.2, 0.25) is 0 Å². The van der Waals surface area contributed by atoms with E-state index in [0.717, 1.165) is 20.6 Å². The van der Waals surface area contributed by atoms with Crippen LogP contribution in [0.3, 0.4) is 0 Å². The second-order valence-electron chi connectivity index (χ2n) is 4.78. The van der Waals surface area contributed by atoms with Crippen molar-refractivity contribution in [3.63, 3.8) is 0 Å². The predicted molar refractivity (Wildman–Crippen MR) is 83.2 cm³/mol. The number of amides is 2. The summed E-state index contributed by atoms with van der Waals surface area (Å²) in [7, 11) is -3.17. The topological polar surface area (TPSA) is 88.2 Å². The highest BCUT2D eigenvalue weighted by Gasteiger charge is 2.22. The molecule has 2 N–H and O–H groups in total. The lowest BCUT2D eigenvalue weighted by atomic mass is 10.3. The summed E-state index contributed by atoms with van der Waals surface area (Å²) < 4.78 is 23.5. The van der Waals surface area contributed by atoms with Crippen LogP contribution in [0.25, 0.3) is 10.2 Å². The smallest absolute Gasteiger partial charge is 0.319 e. The van der Waals surface area contributed by atoms with Gasteiger partial charge in [-0.15, -0.1) is 11.3 Å². The molecule has 0 saturated carbocycles. The molecule has 0 fully saturated rings. The number of fused-ring (bicyclic) bond motifs is 1. The molecule has 0 saturated heterocycles. The van der Waals surface area contributed by atoms with E-state index in [9.17, 15) is 13.2 Å². The number of nitrogens with one attached hydrogen (secondary N) is 2. The van der Waals surface area contributed by atoms with Gasteiger partial charge in [0.05, 0.1) is 27.0 Å². The molecule has 2 heterocycles. The first-order chi connectivity index (χ1) is 9.91. The van der Waals surface area contributed by atoms with Crippen LogP contribution in [-0.4, -0.2) is 31.2 Å². The van der Waals surface area contributed by atoms with Gasteiger partial charge in [-0.2, -0.15) is 0 Å². The van der Waals surface area contributed by atoms with Crippen LogP contribution >= 0.6 is 11.3 Å². The van der Waals surface area contributed by atoms with Crippen LogP contribution in [0.4, 0.5) is 10.5 Å². The van der Waals surface area contributed by atoms with Crippen LogP contribution in [0.15, 0.2) is 29.7 Å². The van der Waals surface area contributed by atoms with Gasteiger partial charge >= 0.3 is 6.03 Å². The Bertz CT molecular complexity index is 839. The molecule has 0 aliphatic carbocycles. The summed E-state index contributed by atoms with van der Waals surface area (Å²) in [6.07, 6.45) is 1.48. The maximum absolute atomic E-state index is 11.9. The number of benzene rings is 1. The maximum Gasteiger partial charge on any atom is 0.319 e. The molecule has 1 atom stereocenters. The van der Waals surface area contributed by atoms with Gasteiger partial charge in [0, 0.05) is 11.1 Å². The van der Waals surface area contributed by atoms with E-state index in [-0.39, 0.29) is 5.75 Å². The van der Waals surface area contributed by atoms with Gasteiger partial charge in [0.25, 0.3) is 0 Å². The van der Waals surface area contributed by atoms with Crippen molar-refractivity contribution in [3.05, 3.63) is 34.7 Å². The minimum atomic E-state index is -3.17. The van der Waals surface area contributed by atoms with Crippen molar-refractivity contribution in [1.82, 2.24) is 10.3 Å². The zero-order valence-electron chi connectivity index (χ0n) is 11.2. The summed E-state index contributed by atoms with van der Waals surface area (Å²) in [6, 6.07) is 4.55. The maximum atomic E-state index is 11.9. The Morgan fingerprint density at radius 3 is 2.95 bits per heavy atom. The summed E-state index contributed by atoms with van der Waals surface area (Å²) in [6.45, 7) is 1.93. The SMILES string of the molecule is Cc1nc2ccc(NC(=O)N[C@@H]3C=CS(=O)(=O)C3)cc2s1. The quantitative estimate of drug-likeness (QED) is 0.885. The number of aryl methyl sites for hydroxylation is 1. The number of nitrogens with zero attached hydrogens (tertiary/aromatic N) is 1. The molecule has 110 valence electrons. The third-order valence-corrected chi connectivity index (χ3v) is 5.33. The molecule has 1 aromatic heterocycles. The number of aromatic nitrogens is 1. The van der Waals surface area contributed by atoms with Gasteiger partial charge < -0.3 is 10.6 Å². The van der Waals surface area contributed by atoms with Gasteiger partial charge in [0.1, 0.15) is 0 Å². The van der Waals surface area contributed by atoms with Crippen LogP contribution in [0.1, 0.15) is 5.01 Å². The summed E-state index contributed by atoms with van der Waals surface area (Å²) in [5, 5.41) is 7.40. The van der Waals surface area contributed by atoms with E-state index >= 15 is 0 Å². The number of anilines is 1. The Morgan fingerprint density at radius 1 is 1.43 bits per heavy atom. The number of carbonyl (C=O) groups is 1. The highest BCUT2D eigenvalue weighted by Crippen LogP contribution is 2.24. The molecule has 21 heavy (non-hydrogen) atoms. The molecule has 2 amide bonds. The van der Waals surface area contributed by atoms with Crippen molar-refractivity contribution >= 4 is 43.1 Å². The van der Waals surface area contributed by atoms with Crippen LogP contribution in [0, 0.1) is 6.92 Å². The van der Waals surface area contributed by atoms with Gasteiger partial charge in [0.15, 0.2) is 9.84 Å². The van der Waals surface area contributed by atoms with Crippen molar-refractivity contribution in [2.75, 3.05) is 11.1 Å². The van der Waals surface area contributed by atoms with Crippen molar-refractivity contribution in [1.29, 1.82) is 0 Å². The van der Waals surface area contributed by atoms with E-state index in [0.29, 0.717) is 5.69 Å². The number of thiazole rings is 1. The zero-order valence-corrected chi connectivity index (χ0v) is 12.8. The number of carbonyl (C=O) groups excluding carboxylic acids is 1. The molecule has 1 aliphatic rings. The normalized spacial score (nSPS) is 19.8. The monoisotopic (exact) mass is 323 g/mol. The van der Waals surface area contributed by atoms with Crippen molar-refractivity contribution in [2.45, 2.75) is 13.0 Å². The fourth-order valence-corrected chi connectivity index (χ4v) is 4.22. The summed E-state index contributed by atoms with van der Waals surface area (Å²) in [5.74, 6) is -0.0898. The Labute approximate surface area is 125 Å². The second kappa shape index (κ2) is 5.12. The second-order valence-corrected chi connectivity index (χ2v) is 7.94. The van der Waals surface area contributed by atoms with Crippen molar-refractivity contribution in [3.8, 4) is 0 Å². The average Bonchev–Trinajstić information content (AvgIpc) is 2.90. The van der Waals surface area contributed by atoms with E-state index in [1.54, 1.807) is 17.4 Å². The molecule has 6 nitrogen and oxygen atoms in total. The molecule has 8 heteroatoms. The van der Waals surface area contributed by atoms with E-state index in [1.165, 1.54) is 6.08 Å². The Balaban J connectivity index is 1.67. The molecular formula is C13H13N3O3S2. The lowest BCUT2D eigenvalue weighted by Gasteiger charge is -2.11. The molecule has 0 spiro atoms. The number of hydrogen-bond acceptors (Lipinski definition) is 5. The number of rotatable bonds is 2. The van der Waals surface area contributed by atoms with Gasteiger partial charge in [-0.1, -0.05) is 0 Å². The summed E-state index contributed by atoms with van der Waals surface area (Å²) in [5.41, 5.74) is 1.54. The van der Waals surface area contributed by atoms with Crippen LogP contribution in [-0.2, 0) is 9.84 Å². The molecule has 0 radical (unpaired) electrons. The van der Waals surface area contributed by atoms with Crippen LogP contribution in [0.5, 0.6) is 0 Å². The lowest BCUT2D eigenvalue weighted by Crippen LogP contribution is -2.38. The van der Waals surface area contributed by atoms with Gasteiger partial charge in [-0.3, -0.25) is 0 Å². The third-order valence-electron chi connectivity index (χ3n) is 3.00. The molecule has 3 rings (SSSR count). The van der Waals surface area contributed by atoms with E-state index < -0.39 is 21.9 Å². The van der Waals surface area contributed by atoms with Crippen molar-refractivity contribution < 1.29 is 13.2 Å². The highest BCUT2D eigenvalue weighted by molar-refractivity contribution is 7.94. The van der Waals surface area contributed by atoms with Gasteiger partial charge in [-0.05, 0) is 31.2 Å². The summed E-state index contributed by atoms with van der Waals surface area (Å²) in [4.78, 5) is 16.2. The fourth-order valence-electron chi connectivity index (χ4n) is 2.12. The molecule has 1 aromatic carbocycles. The van der Waals surface area contributed by atoms with E-state index in [2.05, 4.69) is 15.6 Å². The standard InChI is InChI=1S/C13H13N3O3S2/c1-8-14-11-3-2-9(6-12(11)20-8)15-13(17)16-10-4-5-21(18,19)7-10/h2-6,10H,7H2,1H3,(H2,15,16,17)/t10-/m1/s1. The first-order valence-electron chi connectivity index (χ1n) is 6.27. The first kappa shape index (κ1) is 14.0. The number of urea groups is 1. The minimum Gasteiger partial charge on any atom is -0.331 e. The Hall–Kier alpha value is -1.93. The molecule has 1 aliphatic heterocycles. The lowest BCUT2D eigenvalue weighted by molar-refractivity contribution is 0.251. The highest BCUT2D eigenvalue weighted by atomic mass is 32.2. The van der Waals surface area contributed by atoms with E-state index in [1.807, 2.05) is 19.1 Å². The van der Waals surface area contributed by atoms with Gasteiger partial charge in [0.2, 0.25) is 0 Å². The number of sulfone groups is 1. The molecule has 0 bridgehead atoms. The average molecular weight is 323 g/mol. The fraction of sp³-hybridized carbons (Fsp3) is 0.231. The Kier molecular flexibility index (Phi) is 3.42. The molecule has 2 aromatic rings. The first-order valence-corrected chi connectivity index (χ1v) is 8.80. The van der Waals surface area contributed by atoms with Crippen LogP contribution < -0.4 is 10.6 Å². The molecule has 0 unspecified atom stereocenters. The predicted octanol–water partition coefficient (Wildman–Crippen LogP) is 2.04. The largest absolute Gasteiger partial charge is 0.331 e. The zero-order chi connectivity index (χ0) is 15.0. The van der Waals surface area contributed by atoms with E-state index in [4.69, 9.17) is 0 Å². The summed E-state index contributed by atoms with van der Waals surface area (Å²) >= 11 is 1.55.